The van der Waals surface area contributed by atoms with Gasteiger partial charge in [-0.15, -0.1) is 0 Å². The Morgan fingerprint density at radius 1 is 1.38 bits per heavy atom. The summed E-state index contributed by atoms with van der Waals surface area (Å²) in [4.78, 5) is 14.0. The molecule has 116 valence electrons. The molecule has 1 aliphatic rings. The molecular formula is C14H19FN2O3S. The minimum Gasteiger partial charge on any atom is -0.334 e. The number of carbonyl (C=O) groups excluding carboxylic acids is 1. The van der Waals surface area contributed by atoms with E-state index in [-0.39, 0.29) is 24.1 Å². The monoisotopic (exact) mass is 314 g/mol. The molecular weight excluding hydrogens is 295 g/mol. The minimum absolute atomic E-state index is 0.0313. The fourth-order valence-electron chi connectivity index (χ4n) is 2.52. The van der Waals surface area contributed by atoms with Crippen LogP contribution in [0.1, 0.15) is 29.6 Å². The van der Waals surface area contributed by atoms with Crippen LogP contribution in [0.2, 0.25) is 0 Å². The van der Waals surface area contributed by atoms with Gasteiger partial charge in [-0.2, -0.15) is 0 Å². The number of sulfonamides is 1. The van der Waals surface area contributed by atoms with Crippen molar-refractivity contribution in [2.24, 2.45) is 0 Å². The maximum atomic E-state index is 13.7. The molecule has 1 heterocycles. The van der Waals surface area contributed by atoms with Gasteiger partial charge in [-0.3, -0.25) is 4.79 Å². The second kappa shape index (κ2) is 6.53. The van der Waals surface area contributed by atoms with Crippen LogP contribution < -0.4 is 4.72 Å². The molecule has 1 aromatic rings. The number of nitrogens with zero attached hydrogens (tertiary/aromatic N) is 1. The first kappa shape index (κ1) is 15.9. The zero-order valence-electron chi connectivity index (χ0n) is 11.9. The fraction of sp³-hybridized carbons (Fsp3) is 0.500. The van der Waals surface area contributed by atoms with Gasteiger partial charge in [0.25, 0.3) is 5.91 Å². The van der Waals surface area contributed by atoms with Crippen LogP contribution in [0.15, 0.2) is 24.3 Å². The molecule has 1 atom stereocenters. The first-order chi connectivity index (χ1) is 9.88. The van der Waals surface area contributed by atoms with E-state index in [1.54, 1.807) is 11.0 Å². The highest BCUT2D eigenvalue weighted by Crippen LogP contribution is 2.20. The van der Waals surface area contributed by atoms with Crippen LogP contribution in [0.4, 0.5) is 4.39 Å². The van der Waals surface area contributed by atoms with Crippen LogP contribution in [0.25, 0.3) is 0 Å². The Kier molecular flexibility index (Phi) is 4.95. The van der Waals surface area contributed by atoms with E-state index >= 15 is 0 Å². The molecule has 1 aromatic carbocycles. The summed E-state index contributed by atoms with van der Waals surface area (Å²) in [7, 11) is -3.31. The predicted molar refractivity (Wildman–Crippen MR) is 77.9 cm³/mol. The molecule has 0 radical (unpaired) electrons. The first-order valence-corrected chi connectivity index (χ1v) is 8.78. The van der Waals surface area contributed by atoms with Gasteiger partial charge in [0.1, 0.15) is 5.82 Å². The topological polar surface area (TPSA) is 66.5 Å². The number of hydrogen-bond acceptors (Lipinski definition) is 3. The van der Waals surface area contributed by atoms with Crippen molar-refractivity contribution in [3.05, 3.63) is 35.6 Å². The highest BCUT2D eigenvalue weighted by Gasteiger charge is 2.29. The number of halogens is 1. The van der Waals surface area contributed by atoms with Crippen molar-refractivity contribution in [1.82, 2.24) is 9.62 Å². The molecule has 1 amide bonds. The molecule has 1 saturated heterocycles. The van der Waals surface area contributed by atoms with E-state index in [4.69, 9.17) is 0 Å². The van der Waals surface area contributed by atoms with Gasteiger partial charge in [-0.25, -0.2) is 17.5 Å². The molecule has 1 aliphatic heterocycles. The Morgan fingerprint density at radius 3 is 2.76 bits per heavy atom. The van der Waals surface area contributed by atoms with E-state index in [0.29, 0.717) is 13.0 Å². The van der Waals surface area contributed by atoms with Gasteiger partial charge in [0, 0.05) is 19.1 Å². The standard InChI is InChI=1S/C14H19FN2O3S/c1-21(19,20)16-10-11-6-4-5-9-17(11)14(18)12-7-2-3-8-13(12)15/h2-3,7-8,11,16H,4-6,9-10H2,1H3. The van der Waals surface area contributed by atoms with Gasteiger partial charge < -0.3 is 4.90 Å². The maximum Gasteiger partial charge on any atom is 0.257 e. The van der Waals surface area contributed by atoms with Crippen LogP contribution in [-0.4, -0.2) is 44.6 Å². The maximum absolute atomic E-state index is 13.7. The summed E-state index contributed by atoms with van der Waals surface area (Å²) in [5, 5.41) is 0. The number of piperidine rings is 1. The lowest BCUT2D eigenvalue weighted by Crippen LogP contribution is -2.49. The second-order valence-corrected chi connectivity index (χ2v) is 7.08. The number of rotatable bonds is 4. The molecule has 0 aliphatic carbocycles. The van der Waals surface area contributed by atoms with Crippen LogP contribution in [-0.2, 0) is 10.0 Å². The second-order valence-electron chi connectivity index (χ2n) is 5.25. The summed E-state index contributed by atoms with van der Waals surface area (Å²) in [5.74, 6) is -0.934. The lowest BCUT2D eigenvalue weighted by atomic mass is 10.0. The van der Waals surface area contributed by atoms with Gasteiger partial charge in [0.05, 0.1) is 11.8 Å². The van der Waals surface area contributed by atoms with Crippen molar-refractivity contribution >= 4 is 15.9 Å². The third kappa shape index (κ3) is 4.25. The molecule has 1 unspecified atom stereocenters. The molecule has 0 aromatic heterocycles. The summed E-state index contributed by atoms with van der Waals surface area (Å²) in [6.07, 6.45) is 3.56. The number of benzene rings is 1. The highest BCUT2D eigenvalue weighted by atomic mass is 32.2. The summed E-state index contributed by atoms with van der Waals surface area (Å²) in [6.45, 7) is 0.683. The Hall–Kier alpha value is -1.47. The average molecular weight is 314 g/mol. The van der Waals surface area contributed by atoms with E-state index in [2.05, 4.69) is 4.72 Å². The van der Waals surface area contributed by atoms with Gasteiger partial charge >= 0.3 is 0 Å². The van der Waals surface area contributed by atoms with Gasteiger partial charge in [0.2, 0.25) is 10.0 Å². The smallest absolute Gasteiger partial charge is 0.257 e. The normalized spacial score (nSPS) is 19.5. The third-order valence-electron chi connectivity index (χ3n) is 3.57. The molecule has 2 rings (SSSR count). The molecule has 7 heteroatoms. The lowest BCUT2D eigenvalue weighted by molar-refractivity contribution is 0.0614. The number of nitrogens with one attached hydrogen (secondary N) is 1. The van der Waals surface area contributed by atoms with Crippen molar-refractivity contribution in [3.63, 3.8) is 0 Å². The zero-order chi connectivity index (χ0) is 15.5. The minimum atomic E-state index is -3.31. The van der Waals surface area contributed by atoms with E-state index in [1.165, 1.54) is 18.2 Å². The summed E-state index contributed by atoms with van der Waals surface area (Å²) >= 11 is 0. The summed E-state index contributed by atoms with van der Waals surface area (Å²) in [5.41, 5.74) is 0.0313. The van der Waals surface area contributed by atoms with Gasteiger partial charge in [-0.1, -0.05) is 12.1 Å². The van der Waals surface area contributed by atoms with Crippen LogP contribution in [0, 0.1) is 5.82 Å². The molecule has 0 bridgehead atoms. The molecule has 0 saturated carbocycles. The Bertz CT molecular complexity index is 618. The molecule has 1 fully saturated rings. The highest BCUT2D eigenvalue weighted by molar-refractivity contribution is 7.88. The zero-order valence-corrected chi connectivity index (χ0v) is 12.7. The molecule has 5 nitrogen and oxygen atoms in total. The number of carbonyl (C=O) groups is 1. The van der Waals surface area contributed by atoms with Gasteiger partial charge in [0.15, 0.2) is 0 Å². The summed E-state index contributed by atoms with van der Waals surface area (Å²) in [6, 6.07) is 5.61. The van der Waals surface area contributed by atoms with Crippen LogP contribution >= 0.6 is 0 Å². The SMILES string of the molecule is CS(=O)(=O)NCC1CCCCN1C(=O)c1ccccc1F. The Labute approximate surface area is 124 Å². The Morgan fingerprint density at radius 2 is 2.10 bits per heavy atom. The van der Waals surface area contributed by atoms with E-state index in [1.807, 2.05) is 0 Å². The first-order valence-electron chi connectivity index (χ1n) is 6.88. The van der Waals surface area contributed by atoms with Crippen molar-refractivity contribution < 1.29 is 17.6 Å². The van der Waals surface area contributed by atoms with Crippen LogP contribution in [0.5, 0.6) is 0 Å². The largest absolute Gasteiger partial charge is 0.334 e. The van der Waals surface area contributed by atoms with Crippen molar-refractivity contribution in [1.29, 1.82) is 0 Å². The lowest BCUT2D eigenvalue weighted by Gasteiger charge is -2.35. The number of amides is 1. The molecule has 0 spiro atoms. The molecule has 1 N–H and O–H groups in total. The van der Waals surface area contributed by atoms with E-state index < -0.39 is 15.8 Å². The van der Waals surface area contributed by atoms with Gasteiger partial charge in [-0.05, 0) is 31.4 Å². The summed E-state index contributed by atoms with van der Waals surface area (Å²) < 4.78 is 38.6. The molecule has 21 heavy (non-hydrogen) atoms. The third-order valence-corrected chi connectivity index (χ3v) is 4.26. The van der Waals surface area contributed by atoms with Crippen molar-refractivity contribution in [2.75, 3.05) is 19.3 Å². The van der Waals surface area contributed by atoms with Crippen molar-refractivity contribution in [2.45, 2.75) is 25.3 Å². The number of likely N-dealkylation sites (tertiary alicyclic amines) is 1. The van der Waals surface area contributed by atoms with E-state index in [9.17, 15) is 17.6 Å². The number of hydrogen-bond donors (Lipinski definition) is 1. The van der Waals surface area contributed by atoms with Crippen molar-refractivity contribution in [3.8, 4) is 0 Å². The predicted octanol–water partition coefficient (Wildman–Crippen LogP) is 1.37. The van der Waals surface area contributed by atoms with Crippen LogP contribution in [0.3, 0.4) is 0 Å². The average Bonchev–Trinajstić information content (AvgIpc) is 2.44. The fourth-order valence-corrected chi connectivity index (χ4v) is 3.01. The quantitative estimate of drug-likeness (QED) is 0.913. The van der Waals surface area contributed by atoms with E-state index in [0.717, 1.165) is 19.1 Å². The Balaban J connectivity index is 2.15.